The Morgan fingerprint density at radius 1 is 1.10 bits per heavy atom. The lowest BCUT2D eigenvalue weighted by molar-refractivity contribution is 0.171. The molecule has 0 aromatic heterocycles. The summed E-state index contributed by atoms with van der Waals surface area (Å²) in [4.78, 5) is 1.28. The molecule has 0 radical (unpaired) electrons. The second kappa shape index (κ2) is 5.67. The lowest BCUT2D eigenvalue weighted by Crippen LogP contribution is -2.15. The topological polar surface area (TPSA) is 44.5 Å². The number of hydrogen-bond acceptors (Lipinski definition) is 4. The third kappa shape index (κ3) is 2.70. The van der Waals surface area contributed by atoms with E-state index in [4.69, 9.17) is 15.2 Å². The number of hydrogen-bond donors (Lipinski definition) is 1. The zero-order chi connectivity index (χ0) is 13.9. The molecule has 0 aliphatic carbocycles. The first kappa shape index (κ1) is 13.2. The summed E-state index contributed by atoms with van der Waals surface area (Å²) in [5, 5.41) is 0. The molecule has 0 bridgehead atoms. The van der Waals surface area contributed by atoms with E-state index in [-0.39, 0.29) is 0 Å². The second-order valence-electron chi connectivity index (χ2n) is 4.75. The van der Waals surface area contributed by atoms with E-state index < -0.39 is 0 Å². The quantitative estimate of drug-likeness (QED) is 0.691. The zero-order valence-corrected chi connectivity index (χ0v) is 12.2. The first-order valence-electron chi connectivity index (χ1n) is 6.60. The van der Waals surface area contributed by atoms with Crippen molar-refractivity contribution in [2.75, 3.05) is 18.9 Å². The highest BCUT2D eigenvalue weighted by Crippen LogP contribution is 2.37. The Bertz CT molecular complexity index is 628. The average Bonchev–Trinajstić information content (AvgIpc) is 2.46. The average molecular weight is 287 g/mol. The van der Waals surface area contributed by atoms with E-state index in [0.717, 1.165) is 28.5 Å². The summed E-state index contributed by atoms with van der Waals surface area (Å²) in [5.41, 5.74) is 9.23. The van der Waals surface area contributed by atoms with E-state index in [9.17, 15) is 0 Å². The predicted molar refractivity (Wildman–Crippen MR) is 82.6 cm³/mol. The molecule has 0 saturated heterocycles. The van der Waals surface area contributed by atoms with Crippen molar-refractivity contribution in [3.63, 3.8) is 0 Å². The van der Waals surface area contributed by atoms with Crippen LogP contribution in [0, 0.1) is 6.92 Å². The summed E-state index contributed by atoms with van der Waals surface area (Å²) in [6.45, 7) is 3.31. The van der Waals surface area contributed by atoms with Crippen molar-refractivity contribution in [2.24, 2.45) is 0 Å². The van der Waals surface area contributed by atoms with Gasteiger partial charge < -0.3 is 15.2 Å². The molecule has 2 aromatic carbocycles. The molecule has 0 saturated carbocycles. The number of aryl methyl sites for hydroxylation is 1. The van der Waals surface area contributed by atoms with Gasteiger partial charge in [-0.3, -0.25) is 0 Å². The number of ether oxygens (including phenoxy) is 2. The molecule has 104 valence electrons. The summed E-state index contributed by atoms with van der Waals surface area (Å²) < 4.78 is 11.1. The smallest absolute Gasteiger partial charge is 0.163 e. The Morgan fingerprint density at radius 3 is 2.55 bits per heavy atom. The predicted octanol–water partition coefficient (Wildman–Crippen LogP) is 3.64. The van der Waals surface area contributed by atoms with Gasteiger partial charge in [0, 0.05) is 22.4 Å². The highest BCUT2D eigenvalue weighted by Gasteiger charge is 2.14. The van der Waals surface area contributed by atoms with E-state index in [1.54, 1.807) is 11.8 Å². The number of benzene rings is 2. The monoisotopic (exact) mass is 287 g/mol. The molecule has 20 heavy (non-hydrogen) atoms. The molecule has 3 nitrogen and oxygen atoms in total. The number of thioether (sulfide) groups is 1. The summed E-state index contributed by atoms with van der Waals surface area (Å²) in [5.74, 6) is 2.37. The van der Waals surface area contributed by atoms with Gasteiger partial charge in [0.25, 0.3) is 0 Å². The molecule has 0 atom stereocenters. The SMILES string of the molecule is Cc1ccccc1SCc1cc2c(cc1N)OCCO2. The van der Waals surface area contributed by atoms with Gasteiger partial charge in [-0.15, -0.1) is 11.8 Å². The standard InChI is InChI=1S/C16H17NO2S/c1-11-4-2-3-5-16(11)20-10-12-8-14-15(9-13(12)17)19-7-6-18-14/h2-5,8-9H,6-7,10,17H2,1H3. The van der Waals surface area contributed by atoms with Crippen molar-refractivity contribution in [1.82, 2.24) is 0 Å². The van der Waals surface area contributed by atoms with Crippen molar-refractivity contribution in [3.8, 4) is 11.5 Å². The maximum absolute atomic E-state index is 6.10. The van der Waals surface area contributed by atoms with Gasteiger partial charge in [0.05, 0.1) is 0 Å². The molecule has 2 N–H and O–H groups in total. The van der Waals surface area contributed by atoms with E-state index in [1.807, 2.05) is 12.1 Å². The lowest BCUT2D eigenvalue weighted by atomic mass is 10.2. The summed E-state index contributed by atoms with van der Waals surface area (Å²) >= 11 is 1.79. The Kier molecular flexibility index (Phi) is 3.74. The molecule has 1 aliphatic heterocycles. The van der Waals surface area contributed by atoms with Crippen LogP contribution in [0.15, 0.2) is 41.3 Å². The van der Waals surface area contributed by atoms with Crippen LogP contribution in [0.25, 0.3) is 0 Å². The van der Waals surface area contributed by atoms with Gasteiger partial charge >= 0.3 is 0 Å². The van der Waals surface area contributed by atoms with Crippen LogP contribution in [0.1, 0.15) is 11.1 Å². The van der Waals surface area contributed by atoms with Crippen molar-refractivity contribution in [2.45, 2.75) is 17.6 Å². The largest absolute Gasteiger partial charge is 0.486 e. The van der Waals surface area contributed by atoms with Crippen LogP contribution >= 0.6 is 11.8 Å². The van der Waals surface area contributed by atoms with E-state index >= 15 is 0 Å². The fourth-order valence-electron chi connectivity index (χ4n) is 2.15. The van der Waals surface area contributed by atoms with Gasteiger partial charge in [0.15, 0.2) is 11.5 Å². The first-order valence-corrected chi connectivity index (χ1v) is 7.59. The third-order valence-electron chi connectivity index (χ3n) is 3.28. The summed E-state index contributed by atoms with van der Waals surface area (Å²) in [6.07, 6.45) is 0. The van der Waals surface area contributed by atoms with Crippen LogP contribution in [-0.4, -0.2) is 13.2 Å². The number of nitrogen functional groups attached to an aromatic ring is 1. The molecule has 0 spiro atoms. The molecular weight excluding hydrogens is 270 g/mol. The molecule has 1 aliphatic rings. The number of nitrogens with two attached hydrogens (primary N) is 1. The maximum atomic E-state index is 6.10. The van der Waals surface area contributed by atoms with Crippen LogP contribution < -0.4 is 15.2 Å². The number of fused-ring (bicyclic) bond motifs is 1. The fourth-order valence-corrected chi connectivity index (χ4v) is 3.18. The minimum atomic E-state index is 0.587. The molecule has 0 fully saturated rings. The van der Waals surface area contributed by atoms with Gasteiger partial charge in [-0.1, -0.05) is 18.2 Å². The van der Waals surface area contributed by atoms with Gasteiger partial charge in [0.1, 0.15) is 13.2 Å². The van der Waals surface area contributed by atoms with Gasteiger partial charge in [-0.05, 0) is 30.2 Å². The van der Waals surface area contributed by atoms with Gasteiger partial charge in [-0.25, -0.2) is 0 Å². The molecule has 1 heterocycles. The van der Waals surface area contributed by atoms with Crippen LogP contribution in [0.5, 0.6) is 11.5 Å². The van der Waals surface area contributed by atoms with Gasteiger partial charge in [-0.2, -0.15) is 0 Å². The minimum Gasteiger partial charge on any atom is -0.486 e. The highest BCUT2D eigenvalue weighted by molar-refractivity contribution is 7.98. The lowest BCUT2D eigenvalue weighted by Gasteiger charge is -2.20. The zero-order valence-electron chi connectivity index (χ0n) is 11.4. The molecule has 0 unspecified atom stereocenters. The molecule has 4 heteroatoms. The van der Waals surface area contributed by atoms with Crippen molar-refractivity contribution >= 4 is 17.4 Å². The molecule has 0 amide bonds. The van der Waals surface area contributed by atoms with Crippen LogP contribution in [0.3, 0.4) is 0 Å². The Morgan fingerprint density at radius 2 is 1.80 bits per heavy atom. The normalized spacial score (nSPS) is 13.2. The Balaban J connectivity index is 1.79. The fraction of sp³-hybridized carbons (Fsp3) is 0.250. The van der Waals surface area contributed by atoms with Crippen LogP contribution in [0.2, 0.25) is 0 Å². The minimum absolute atomic E-state index is 0.587. The maximum Gasteiger partial charge on any atom is 0.163 e. The van der Waals surface area contributed by atoms with Crippen LogP contribution in [0.4, 0.5) is 5.69 Å². The van der Waals surface area contributed by atoms with Gasteiger partial charge in [0.2, 0.25) is 0 Å². The van der Waals surface area contributed by atoms with E-state index in [2.05, 4.69) is 31.2 Å². The Hall–Kier alpha value is -1.81. The van der Waals surface area contributed by atoms with Crippen molar-refractivity contribution in [1.29, 1.82) is 0 Å². The highest BCUT2D eigenvalue weighted by atomic mass is 32.2. The second-order valence-corrected chi connectivity index (χ2v) is 5.77. The molecular formula is C16H17NO2S. The van der Waals surface area contributed by atoms with E-state index in [1.165, 1.54) is 10.5 Å². The van der Waals surface area contributed by atoms with E-state index in [0.29, 0.717) is 13.2 Å². The number of anilines is 1. The summed E-state index contributed by atoms with van der Waals surface area (Å²) in [6, 6.07) is 12.2. The van der Waals surface area contributed by atoms with Crippen molar-refractivity contribution < 1.29 is 9.47 Å². The molecule has 3 rings (SSSR count). The molecule has 2 aromatic rings. The summed E-state index contributed by atoms with van der Waals surface area (Å²) in [7, 11) is 0. The number of rotatable bonds is 3. The van der Waals surface area contributed by atoms with Crippen LogP contribution in [-0.2, 0) is 5.75 Å². The Labute approximate surface area is 123 Å². The van der Waals surface area contributed by atoms with Crippen molar-refractivity contribution in [3.05, 3.63) is 47.5 Å². The third-order valence-corrected chi connectivity index (χ3v) is 4.51. The first-order chi connectivity index (χ1) is 9.74.